The highest BCUT2D eigenvalue weighted by molar-refractivity contribution is 9.09. The summed E-state index contributed by atoms with van der Waals surface area (Å²) >= 11 is 7.00. The van der Waals surface area contributed by atoms with E-state index in [1.54, 1.807) is 23.5 Å². The number of hydrogen-bond donors (Lipinski definition) is 0. The fourth-order valence-corrected chi connectivity index (χ4v) is 5.00. The summed E-state index contributed by atoms with van der Waals surface area (Å²) in [5, 5.41) is 1.07. The number of alkyl halides is 1. The molecule has 5 heteroatoms. The third-order valence-corrected chi connectivity index (χ3v) is 6.92. The Labute approximate surface area is 160 Å². The first kappa shape index (κ1) is 23.6. The minimum Gasteiger partial charge on any atom is -0.464 e. The molecule has 2 nitrogen and oxygen atoms in total. The first-order valence-corrected chi connectivity index (χ1v) is 12.4. The van der Waals surface area contributed by atoms with Crippen molar-refractivity contribution in [3.05, 3.63) is 0 Å². The number of esters is 1. The summed E-state index contributed by atoms with van der Waals surface area (Å²) in [6.45, 7) is 5.01. The molecule has 138 valence electrons. The van der Waals surface area contributed by atoms with E-state index in [1.807, 2.05) is 0 Å². The molecule has 0 heterocycles. The molecule has 0 fully saturated rings. The molecule has 0 aromatic heterocycles. The monoisotopic (exact) mass is 426 g/mol. The second-order valence-electron chi connectivity index (χ2n) is 5.76. The zero-order valence-electron chi connectivity index (χ0n) is 15.0. The maximum atomic E-state index is 12.3. The van der Waals surface area contributed by atoms with Crippen molar-refractivity contribution >= 4 is 45.4 Å². The summed E-state index contributed by atoms with van der Waals surface area (Å²) in [6, 6.07) is 0. The molecule has 23 heavy (non-hydrogen) atoms. The number of halogens is 1. The number of thioether (sulfide) groups is 2. The molecule has 0 atom stereocenters. The molecular weight excluding hydrogens is 392 g/mol. The number of rotatable bonds is 17. The molecule has 0 spiro atoms. The van der Waals surface area contributed by atoms with E-state index >= 15 is 0 Å². The third kappa shape index (κ3) is 15.9. The molecule has 0 aliphatic heterocycles. The molecule has 0 aliphatic carbocycles. The van der Waals surface area contributed by atoms with Crippen LogP contribution in [0.5, 0.6) is 0 Å². The normalized spacial score (nSPS) is 11.1. The fraction of sp³-hybridized carbons (Fsp3) is 0.944. The molecule has 0 unspecified atom stereocenters. The van der Waals surface area contributed by atoms with Gasteiger partial charge in [0.25, 0.3) is 0 Å². The van der Waals surface area contributed by atoms with Crippen molar-refractivity contribution in [1.82, 2.24) is 0 Å². The van der Waals surface area contributed by atoms with Crippen LogP contribution in [0.4, 0.5) is 0 Å². The maximum absolute atomic E-state index is 12.3. The van der Waals surface area contributed by atoms with Crippen LogP contribution in [0, 0.1) is 0 Å². The largest absolute Gasteiger partial charge is 0.464 e. The van der Waals surface area contributed by atoms with Crippen molar-refractivity contribution in [2.24, 2.45) is 0 Å². The van der Waals surface area contributed by atoms with Crippen molar-refractivity contribution in [2.45, 2.75) is 82.6 Å². The lowest BCUT2D eigenvalue weighted by atomic mass is 10.2. The van der Waals surface area contributed by atoms with Crippen molar-refractivity contribution in [2.75, 3.05) is 23.4 Å². The Bertz CT molecular complexity index is 253. The zero-order chi connectivity index (χ0) is 17.2. The van der Waals surface area contributed by atoms with E-state index in [2.05, 4.69) is 29.8 Å². The number of hydrogen-bond acceptors (Lipinski definition) is 4. The molecule has 0 radical (unpaired) electrons. The molecular formula is C18H35BrO2S2. The van der Waals surface area contributed by atoms with Crippen molar-refractivity contribution in [3.63, 3.8) is 0 Å². The van der Waals surface area contributed by atoms with Gasteiger partial charge >= 0.3 is 5.97 Å². The summed E-state index contributed by atoms with van der Waals surface area (Å²) in [5.74, 6) is 2.13. The minimum absolute atomic E-state index is 0.00603. The van der Waals surface area contributed by atoms with Gasteiger partial charge in [0.1, 0.15) is 4.58 Å². The Kier molecular flexibility index (Phi) is 19.5. The summed E-state index contributed by atoms with van der Waals surface area (Å²) < 4.78 is 5.48. The standard InChI is InChI=1S/C18H35BrO2S2/c1-3-5-11-15-22-18(23-16-12-6-4-2)17(20)21-14-10-8-7-9-13-19/h18H,3-16H2,1-2H3. The topological polar surface area (TPSA) is 26.3 Å². The van der Waals surface area contributed by atoms with Gasteiger partial charge in [-0.25, -0.2) is 4.79 Å². The lowest BCUT2D eigenvalue weighted by molar-refractivity contribution is -0.141. The van der Waals surface area contributed by atoms with E-state index in [1.165, 1.54) is 51.4 Å². The molecule has 0 amide bonds. The predicted octanol–water partition coefficient (Wildman–Crippen LogP) is 6.66. The first-order valence-electron chi connectivity index (χ1n) is 9.22. The SMILES string of the molecule is CCCCCSC(SCCCCC)C(=O)OCCCCCCBr. The summed E-state index contributed by atoms with van der Waals surface area (Å²) in [4.78, 5) is 12.3. The van der Waals surface area contributed by atoms with Crippen LogP contribution in [-0.4, -0.2) is 34.0 Å². The molecule has 0 rings (SSSR count). The second kappa shape index (κ2) is 19.0. The van der Waals surface area contributed by atoms with Crippen LogP contribution in [-0.2, 0) is 9.53 Å². The molecule has 0 aromatic carbocycles. The quantitative estimate of drug-likeness (QED) is 0.112. The van der Waals surface area contributed by atoms with Gasteiger partial charge in [-0.2, -0.15) is 0 Å². The van der Waals surface area contributed by atoms with Gasteiger partial charge in [-0.3, -0.25) is 0 Å². The highest BCUT2D eigenvalue weighted by Gasteiger charge is 2.20. The van der Waals surface area contributed by atoms with Crippen molar-refractivity contribution < 1.29 is 9.53 Å². The average molecular weight is 428 g/mol. The lowest BCUT2D eigenvalue weighted by Crippen LogP contribution is -2.19. The summed E-state index contributed by atoms with van der Waals surface area (Å²) in [6.07, 6.45) is 11.9. The first-order chi connectivity index (χ1) is 11.3. The predicted molar refractivity (Wildman–Crippen MR) is 111 cm³/mol. The fourth-order valence-electron chi connectivity index (χ4n) is 2.06. The number of carbonyl (C=O) groups excluding carboxylic acids is 1. The smallest absolute Gasteiger partial charge is 0.329 e. The summed E-state index contributed by atoms with van der Waals surface area (Å²) in [5.41, 5.74) is 0. The number of ether oxygens (including phenoxy) is 1. The highest BCUT2D eigenvalue weighted by Crippen LogP contribution is 2.27. The van der Waals surface area contributed by atoms with Crippen LogP contribution < -0.4 is 0 Å². The van der Waals surface area contributed by atoms with Gasteiger partial charge in [0.15, 0.2) is 0 Å². The Balaban J connectivity index is 3.95. The van der Waals surface area contributed by atoms with E-state index in [-0.39, 0.29) is 10.6 Å². The van der Waals surface area contributed by atoms with Crippen LogP contribution in [0.1, 0.15) is 78.1 Å². The van der Waals surface area contributed by atoms with Gasteiger partial charge in [-0.15, -0.1) is 23.5 Å². The summed E-state index contributed by atoms with van der Waals surface area (Å²) in [7, 11) is 0. The Morgan fingerprint density at radius 3 is 1.96 bits per heavy atom. The Morgan fingerprint density at radius 1 is 0.870 bits per heavy atom. The van der Waals surface area contributed by atoms with E-state index in [4.69, 9.17) is 4.74 Å². The van der Waals surface area contributed by atoms with E-state index in [0.717, 1.165) is 29.7 Å². The van der Waals surface area contributed by atoms with Crippen LogP contribution in [0.3, 0.4) is 0 Å². The van der Waals surface area contributed by atoms with Gasteiger partial charge < -0.3 is 4.74 Å². The average Bonchev–Trinajstić information content (AvgIpc) is 2.56. The Hall–Kier alpha value is 0.650. The second-order valence-corrected chi connectivity index (χ2v) is 9.28. The lowest BCUT2D eigenvalue weighted by Gasteiger charge is -2.15. The number of carbonyl (C=O) groups is 1. The molecule has 0 saturated carbocycles. The van der Waals surface area contributed by atoms with Crippen molar-refractivity contribution in [1.29, 1.82) is 0 Å². The molecule has 0 aromatic rings. The highest BCUT2D eigenvalue weighted by atomic mass is 79.9. The Morgan fingerprint density at radius 2 is 1.43 bits per heavy atom. The molecule has 0 N–H and O–H groups in total. The molecule has 0 saturated heterocycles. The zero-order valence-corrected chi connectivity index (χ0v) is 18.2. The van der Waals surface area contributed by atoms with Crippen molar-refractivity contribution in [3.8, 4) is 0 Å². The number of unbranched alkanes of at least 4 members (excludes halogenated alkanes) is 7. The van der Waals surface area contributed by atoms with Gasteiger partial charge in [0, 0.05) is 5.33 Å². The van der Waals surface area contributed by atoms with E-state index in [0.29, 0.717) is 6.61 Å². The van der Waals surface area contributed by atoms with Crippen LogP contribution in [0.2, 0.25) is 0 Å². The third-order valence-electron chi connectivity index (χ3n) is 3.50. The van der Waals surface area contributed by atoms with E-state index < -0.39 is 0 Å². The van der Waals surface area contributed by atoms with Gasteiger partial charge in [0.2, 0.25) is 0 Å². The van der Waals surface area contributed by atoms with Gasteiger partial charge in [0.05, 0.1) is 6.61 Å². The molecule has 0 aliphatic rings. The molecule has 0 bridgehead atoms. The van der Waals surface area contributed by atoms with Crippen LogP contribution in [0.15, 0.2) is 0 Å². The van der Waals surface area contributed by atoms with Crippen LogP contribution >= 0.6 is 39.5 Å². The van der Waals surface area contributed by atoms with E-state index in [9.17, 15) is 4.79 Å². The van der Waals surface area contributed by atoms with Gasteiger partial charge in [-0.05, 0) is 37.2 Å². The maximum Gasteiger partial charge on any atom is 0.329 e. The van der Waals surface area contributed by atoms with Crippen LogP contribution in [0.25, 0.3) is 0 Å². The van der Waals surface area contributed by atoms with Gasteiger partial charge in [-0.1, -0.05) is 68.3 Å². The minimum atomic E-state index is -0.0220.